The summed E-state index contributed by atoms with van der Waals surface area (Å²) in [5.74, 6) is -13.0. The molecule has 0 aromatic heterocycles. The van der Waals surface area contributed by atoms with Gasteiger partial charge in [0.15, 0.2) is 28.0 Å². The summed E-state index contributed by atoms with van der Waals surface area (Å²) in [4.78, 5) is 41.8. The summed E-state index contributed by atoms with van der Waals surface area (Å²) >= 11 is 0. The van der Waals surface area contributed by atoms with Gasteiger partial charge in [0.05, 0.1) is 23.2 Å². The molecular formula is C47H30O18. The van der Waals surface area contributed by atoms with E-state index in [0.29, 0.717) is 0 Å². The molecule has 0 aromatic rings. The maximum atomic E-state index is 14.7. The molecule has 3 saturated heterocycles. The van der Waals surface area contributed by atoms with Crippen LogP contribution in [0.4, 0.5) is 0 Å². The van der Waals surface area contributed by atoms with Crippen molar-refractivity contribution in [2.24, 2.45) is 23.2 Å². The lowest BCUT2D eigenvalue weighted by Crippen LogP contribution is -2.79. The molecule has 0 saturated carbocycles. The van der Waals surface area contributed by atoms with E-state index < -0.39 is 144 Å². The second-order valence-corrected chi connectivity index (χ2v) is 20.7. The highest BCUT2D eigenvalue weighted by atomic mass is 16.8. The molecule has 17 rings (SSSR count). The summed E-state index contributed by atoms with van der Waals surface area (Å²) in [5.41, 5.74) is -23.7. The summed E-state index contributed by atoms with van der Waals surface area (Å²) < 4.78 is 19.9. The van der Waals surface area contributed by atoms with Crippen LogP contribution in [-0.4, -0.2) is 148 Å². The first kappa shape index (κ1) is 35.5. The molecule has 16 atom stereocenters. The van der Waals surface area contributed by atoms with Gasteiger partial charge in [-0.2, -0.15) is 0 Å². The van der Waals surface area contributed by atoms with E-state index in [9.17, 15) is 75.7 Å². The number of hydrogen-bond donors (Lipinski definition) is 12. The molecule has 18 heteroatoms. The van der Waals surface area contributed by atoms with Crippen LogP contribution in [0.25, 0.3) is 0 Å². The first-order valence-electron chi connectivity index (χ1n) is 21.3. The Morgan fingerprint density at radius 1 is 0.831 bits per heavy atom. The van der Waals surface area contributed by atoms with Crippen molar-refractivity contribution in [1.29, 1.82) is 0 Å². The first-order valence-corrected chi connectivity index (χ1v) is 21.3. The smallest absolute Gasteiger partial charge is 0.336 e. The third kappa shape index (κ3) is 2.54. The van der Waals surface area contributed by atoms with Gasteiger partial charge in [-0.25, -0.2) is 9.59 Å². The van der Waals surface area contributed by atoms with Gasteiger partial charge < -0.3 is 75.5 Å². The molecule has 3 spiro atoms. The van der Waals surface area contributed by atoms with Crippen molar-refractivity contribution in [1.82, 2.24) is 0 Å². The van der Waals surface area contributed by atoms with Crippen molar-refractivity contribution in [3.8, 4) is 0 Å². The number of fused-ring (bicyclic) bond motifs is 2. The molecule has 17 aliphatic rings. The molecule has 3 heterocycles. The average molecular weight is 883 g/mol. The third-order valence-corrected chi connectivity index (χ3v) is 18.9. The van der Waals surface area contributed by atoms with E-state index in [1.165, 1.54) is 37.3 Å². The highest BCUT2D eigenvalue weighted by Gasteiger charge is 2.98. The van der Waals surface area contributed by atoms with Crippen molar-refractivity contribution in [3.63, 3.8) is 0 Å². The summed E-state index contributed by atoms with van der Waals surface area (Å²) in [6.45, 7) is 1.50. The first-order chi connectivity index (χ1) is 30.6. The quantitative estimate of drug-likeness (QED) is 0.107. The zero-order chi connectivity index (χ0) is 44.9. The monoisotopic (exact) mass is 882 g/mol. The Morgan fingerprint density at radius 3 is 2.31 bits per heavy atom. The minimum absolute atomic E-state index is 0.0205. The van der Waals surface area contributed by atoms with Crippen LogP contribution in [0.3, 0.4) is 0 Å². The number of rotatable bonds is 2. The number of aliphatic hydroxyl groups is 10. The molecule has 14 aliphatic carbocycles. The van der Waals surface area contributed by atoms with Gasteiger partial charge in [-0.15, -0.1) is 0 Å². The highest BCUT2D eigenvalue weighted by molar-refractivity contribution is 6.08. The Labute approximate surface area is 361 Å². The number of carbonyl (C=O) groups is 3. The number of ketones is 1. The molecule has 18 nitrogen and oxygen atoms in total. The van der Waals surface area contributed by atoms with Crippen molar-refractivity contribution < 1.29 is 89.9 Å². The van der Waals surface area contributed by atoms with E-state index in [0.717, 1.165) is 6.08 Å². The lowest BCUT2D eigenvalue weighted by molar-refractivity contribution is -0.150. The van der Waals surface area contributed by atoms with E-state index in [1.54, 1.807) is 0 Å². The summed E-state index contributed by atoms with van der Waals surface area (Å²) in [5, 5.41) is 152. The maximum Gasteiger partial charge on any atom is 0.336 e. The van der Waals surface area contributed by atoms with Crippen molar-refractivity contribution in [2.75, 3.05) is 0 Å². The number of carboxylic acid groups (broad SMARTS) is 2. The number of aliphatic carboxylic acids is 2. The SMILES string of the molecule is CC12C=C3C(O)=C4C=C5CC(C(=O)O)=C6OC7C=CC89OC8(O)C8=CC%10=C(C(=O)O)C%11=C%12C%13C%10C%10=C(C4(O)C4(O)C5=C6C7C9(O)C4=C8%10)C34OC%134C1=C(C(O)=CC2O)C%12(O)C(=O)C(O)C%11O. The zero-order valence-corrected chi connectivity index (χ0v) is 33.0. The van der Waals surface area contributed by atoms with E-state index in [4.69, 9.17) is 14.2 Å². The molecule has 3 aliphatic heterocycles. The van der Waals surface area contributed by atoms with Crippen LogP contribution < -0.4 is 0 Å². The van der Waals surface area contributed by atoms with Crippen LogP contribution in [0.15, 0.2) is 148 Å². The Balaban J connectivity index is 1.16. The van der Waals surface area contributed by atoms with Crippen LogP contribution in [0, 0.1) is 23.2 Å². The Hall–Kier alpha value is -5.77. The standard InChI is InChI=1S/C47H30O18/c1-39-8-14-29(50)13-5-9-4-11(37(54)55)32-23-24(9)44(61)33-20-12(47(62)40(64-47)3-2-16(63-32)26(23)43(33,40)60)6-10-18-21(20)34(42(13,44)59)45(14)46(65-45)28(18)27-22(19(10)38(56)57)30(51)31(52)36(53)41(27,58)25(35(39)46)15(48)7-17(39)49/h2-3,5-8,16-18,26,28,30-31,48-52,58-62H,4H2,1H3,(H,54,55)(H,56,57). The van der Waals surface area contributed by atoms with Crippen LogP contribution >= 0.6 is 0 Å². The van der Waals surface area contributed by atoms with E-state index >= 15 is 0 Å². The normalized spacial score (nSPS) is 53.9. The van der Waals surface area contributed by atoms with Crippen LogP contribution in [-0.2, 0) is 28.6 Å². The predicted molar refractivity (Wildman–Crippen MR) is 204 cm³/mol. The molecule has 0 bridgehead atoms. The van der Waals surface area contributed by atoms with Gasteiger partial charge in [0, 0.05) is 73.8 Å². The minimum atomic E-state index is -3.10. The van der Waals surface area contributed by atoms with Gasteiger partial charge in [-0.05, 0) is 70.7 Å². The molecule has 0 radical (unpaired) electrons. The lowest BCUT2D eigenvalue weighted by atomic mass is 9.33. The minimum Gasteiger partial charge on any atom is -0.508 e. The molecule has 3 fully saturated rings. The second kappa shape index (κ2) is 8.68. The molecular weight excluding hydrogens is 852 g/mol. The summed E-state index contributed by atoms with van der Waals surface area (Å²) in [6, 6.07) is 0. The molecule has 0 amide bonds. The number of aliphatic hydroxyl groups excluding tert-OH is 5. The molecule has 12 N–H and O–H groups in total. The Bertz CT molecular complexity index is 3410. The van der Waals surface area contributed by atoms with Crippen LogP contribution in [0.2, 0.25) is 0 Å². The van der Waals surface area contributed by atoms with Gasteiger partial charge in [0.1, 0.15) is 46.8 Å². The van der Waals surface area contributed by atoms with Gasteiger partial charge in [0.25, 0.3) is 0 Å². The fraction of sp³-hybridized carbons (Fsp3) is 0.383. The Kier molecular flexibility index (Phi) is 4.74. The number of Topliss-reactive ketones (excluding diaryl/α,β-unsaturated/α-hetero) is 1. The zero-order valence-electron chi connectivity index (χ0n) is 33.0. The van der Waals surface area contributed by atoms with E-state index in [2.05, 4.69) is 0 Å². The summed E-state index contributed by atoms with van der Waals surface area (Å²) in [6.07, 6.45) is -0.0756. The topological polar surface area (TPSA) is 328 Å². The highest BCUT2D eigenvalue weighted by Crippen LogP contribution is 2.89. The number of carbonyl (C=O) groups excluding carboxylic acids is 1. The fourth-order valence-corrected chi connectivity index (χ4v) is 17.1. The average Bonchev–Trinajstić information content (AvgIpc) is 4.06. The Morgan fingerprint density at radius 2 is 1.58 bits per heavy atom. The largest absolute Gasteiger partial charge is 0.508 e. The fourth-order valence-electron chi connectivity index (χ4n) is 17.1. The number of epoxide rings is 2. The number of ether oxygens (including phenoxy) is 3. The maximum absolute atomic E-state index is 14.7. The van der Waals surface area contributed by atoms with Crippen molar-refractivity contribution in [3.05, 3.63) is 148 Å². The molecule has 16 unspecified atom stereocenters. The van der Waals surface area contributed by atoms with Gasteiger partial charge >= 0.3 is 11.9 Å². The van der Waals surface area contributed by atoms with E-state index in [-0.39, 0.29) is 84.6 Å². The van der Waals surface area contributed by atoms with Gasteiger partial charge in [0.2, 0.25) is 11.6 Å². The van der Waals surface area contributed by atoms with Crippen LogP contribution in [0.5, 0.6) is 0 Å². The van der Waals surface area contributed by atoms with E-state index in [1.807, 2.05) is 0 Å². The third-order valence-electron chi connectivity index (χ3n) is 18.9. The van der Waals surface area contributed by atoms with Gasteiger partial charge in [-0.3, -0.25) is 4.79 Å². The number of carboxylic acids is 2. The van der Waals surface area contributed by atoms with Gasteiger partial charge in [-0.1, -0.05) is 6.08 Å². The molecule has 326 valence electrons. The van der Waals surface area contributed by atoms with Crippen molar-refractivity contribution >= 4 is 17.7 Å². The molecule has 0 aromatic carbocycles. The van der Waals surface area contributed by atoms with Crippen LogP contribution in [0.1, 0.15) is 13.3 Å². The predicted octanol–water partition coefficient (Wildman–Crippen LogP) is -1.85. The second-order valence-electron chi connectivity index (χ2n) is 20.7. The summed E-state index contributed by atoms with van der Waals surface area (Å²) in [7, 11) is 0. The lowest BCUT2D eigenvalue weighted by Gasteiger charge is -2.69. The number of allylic oxidation sites excluding steroid dienone is 4. The number of hydrogen-bond acceptors (Lipinski definition) is 16. The van der Waals surface area contributed by atoms with Crippen molar-refractivity contribution in [2.45, 2.75) is 82.8 Å². The molecule has 65 heavy (non-hydrogen) atoms.